The molecular formula is C18H28O2. The van der Waals surface area contributed by atoms with E-state index in [2.05, 4.69) is 13.8 Å². The number of Topliss-reactive ketones (excluding diaryl/α,β-unsaturated/α-hetero) is 1. The van der Waals surface area contributed by atoms with Crippen LogP contribution in [-0.4, -0.2) is 18.0 Å². The first kappa shape index (κ1) is 16.9. The molecule has 1 aromatic carbocycles. The largest absolute Gasteiger partial charge is 0.367 e. The first-order valence-corrected chi connectivity index (χ1v) is 7.81. The number of carbonyl (C=O) groups excluding carboxylic acids is 1. The average Bonchev–Trinajstić information content (AvgIpc) is 2.43. The van der Waals surface area contributed by atoms with Crippen LogP contribution in [0.1, 0.15) is 68.8 Å². The Morgan fingerprint density at radius 1 is 1.10 bits per heavy atom. The molecule has 0 aliphatic heterocycles. The van der Waals surface area contributed by atoms with Crippen LogP contribution < -0.4 is 0 Å². The van der Waals surface area contributed by atoms with Crippen molar-refractivity contribution in [1.82, 2.24) is 0 Å². The first-order valence-electron chi connectivity index (χ1n) is 7.81. The third-order valence-corrected chi connectivity index (χ3v) is 3.61. The molecular weight excluding hydrogens is 248 g/mol. The Morgan fingerprint density at radius 3 is 2.35 bits per heavy atom. The summed E-state index contributed by atoms with van der Waals surface area (Å²) in [5.74, 6) is 0.0745. The van der Waals surface area contributed by atoms with Crippen LogP contribution in [0, 0.1) is 6.92 Å². The summed E-state index contributed by atoms with van der Waals surface area (Å²) in [6.45, 7) is 8.14. The molecule has 2 unspecified atom stereocenters. The van der Waals surface area contributed by atoms with Crippen LogP contribution in [0.15, 0.2) is 24.3 Å². The Kier molecular flexibility index (Phi) is 7.53. The van der Waals surface area contributed by atoms with E-state index < -0.39 is 0 Å². The highest BCUT2D eigenvalue weighted by molar-refractivity contribution is 5.99. The summed E-state index contributed by atoms with van der Waals surface area (Å²) in [5.41, 5.74) is 1.90. The summed E-state index contributed by atoms with van der Waals surface area (Å²) in [6.07, 6.45) is 5.79. The van der Waals surface area contributed by atoms with Gasteiger partial charge in [-0.25, -0.2) is 0 Å². The predicted octanol–water partition coefficient (Wildman–Crippen LogP) is 4.94. The van der Waals surface area contributed by atoms with E-state index >= 15 is 0 Å². The Labute approximate surface area is 123 Å². The average molecular weight is 276 g/mol. The van der Waals surface area contributed by atoms with Crippen molar-refractivity contribution in [2.45, 2.75) is 72.0 Å². The molecule has 0 fully saturated rings. The summed E-state index contributed by atoms with van der Waals surface area (Å²) in [4.78, 5) is 12.2. The van der Waals surface area contributed by atoms with Gasteiger partial charge in [0.2, 0.25) is 0 Å². The lowest BCUT2D eigenvalue weighted by atomic mass is 10.0. The van der Waals surface area contributed by atoms with E-state index in [1.54, 1.807) is 0 Å². The number of unbranched alkanes of at least 4 members (excludes halogenated alkanes) is 3. The normalized spacial score (nSPS) is 14.0. The van der Waals surface area contributed by atoms with E-state index in [9.17, 15) is 4.79 Å². The van der Waals surface area contributed by atoms with Crippen molar-refractivity contribution in [2.24, 2.45) is 0 Å². The molecule has 0 radical (unpaired) electrons. The summed E-state index contributed by atoms with van der Waals surface area (Å²) < 4.78 is 5.83. The maximum absolute atomic E-state index is 12.2. The van der Waals surface area contributed by atoms with Crippen molar-refractivity contribution in [3.8, 4) is 0 Å². The van der Waals surface area contributed by atoms with Gasteiger partial charge in [0.1, 0.15) is 6.10 Å². The number of aryl methyl sites for hydroxylation is 1. The number of hydrogen-bond acceptors (Lipinski definition) is 2. The highest BCUT2D eigenvalue weighted by atomic mass is 16.5. The second-order valence-electron chi connectivity index (χ2n) is 5.67. The molecule has 0 saturated carbocycles. The Balaban J connectivity index is 2.39. The van der Waals surface area contributed by atoms with Gasteiger partial charge in [-0.2, -0.15) is 0 Å². The van der Waals surface area contributed by atoms with E-state index in [0.29, 0.717) is 0 Å². The zero-order valence-corrected chi connectivity index (χ0v) is 13.3. The molecule has 20 heavy (non-hydrogen) atoms. The second kappa shape index (κ2) is 8.91. The number of rotatable bonds is 9. The zero-order valence-electron chi connectivity index (χ0n) is 13.3. The molecule has 1 rings (SSSR count). The van der Waals surface area contributed by atoms with Gasteiger partial charge in [-0.15, -0.1) is 0 Å². The highest BCUT2D eigenvalue weighted by Crippen LogP contribution is 2.13. The third kappa shape index (κ3) is 5.87. The number of hydrogen-bond donors (Lipinski definition) is 0. The summed E-state index contributed by atoms with van der Waals surface area (Å²) in [5, 5.41) is 0. The first-order chi connectivity index (χ1) is 9.54. The predicted molar refractivity (Wildman–Crippen MR) is 84.3 cm³/mol. The van der Waals surface area contributed by atoms with Crippen LogP contribution in [0.3, 0.4) is 0 Å². The Bertz CT molecular complexity index is 394. The quantitative estimate of drug-likeness (QED) is 0.471. The van der Waals surface area contributed by atoms with E-state index in [1.165, 1.54) is 31.2 Å². The van der Waals surface area contributed by atoms with Crippen molar-refractivity contribution < 1.29 is 9.53 Å². The number of ketones is 1. The SMILES string of the molecule is CCCCCCC(C)OC(C)C(=O)c1ccc(C)cc1. The molecule has 0 saturated heterocycles. The Hall–Kier alpha value is -1.15. The molecule has 0 heterocycles. The number of carbonyl (C=O) groups is 1. The van der Waals surface area contributed by atoms with Gasteiger partial charge < -0.3 is 4.74 Å². The topological polar surface area (TPSA) is 26.3 Å². The third-order valence-electron chi connectivity index (χ3n) is 3.61. The molecule has 0 spiro atoms. The fraction of sp³-hybridized carbons (Fsp3) is 0.611. The lowest BCUT2D eigenvalue weighted by Gasteiger charge is -2.18. The lowest BCUT2D eigenvalue weighted by molar-refractivity contribution is 0.00834. The van der Waals surface area contributed by atoms with Gasteiger partial charge in [-0.1, -0.05) is 62.4 Å². The van der Waals surface area contributed by atoms with Gasteiger partial charge in [0, 0.05) is 5.56 Å². The van der Waals surface area contributed by atoms with Crippen LogP contribution >= 0.6 is 0 Å². The fourth-order valence-electron chi connectivity index (χ4n) is 2.29. The minimum Gasteiger partial charge on any atom is -0.367 e. The van der Waals surface area contributed by atoms with Crippen molar-refractivity contribution in [3.05, 3.63) is 35.4 Å². The monoisotopic (exact) mass is 276 g/mol. The van der Waals surface area contributed by atoms with E-state index in [0.717, 1.165) is 12.0 Å². The van der Waals surface area contributed by atoms with Gasteiger partial charge >= 0.3 is 0 Å². The summed E-state index contributed by atoms with van der Waals surface area (Å²) in [6, 6.07) is 7.69. The lowest BCUT2D eigenvalue weighted by Crippen LogP contribution is -2.25. The van der Waals surface area contributed by atoms with Gasteiger partial charge in [0.15, 0.2) is 5.78 Å². The molecule has 2 nitrogen and oxygen atoms in total. The van der Waals surface area contributed by atoms with Crippen LogP contribution in [0.2, 0.25) is 0 Å². The van der Waals surface area contributed by atoms with Gasteiger partial charge in [-0.3, -0.25) is 4.79 Å². The van der Waals surface area contributed by atoms with Gasteiger partial charge in [0.25, 0.3) is 0 Å². The van der Waals surface area contributed by atoms with Crippen molar-refractivity contribution in [3.63, 3.8) is 0 Å². The molecule has 0 bridgehead atoms. The molecule has 0 aliphatic rings. The maximum Gasteiger partial charge on any atom is 0.191 e. The highest BCUT2D eigenvalue weighted by Gasteiger charge is 2.18. The maximum atomic E-state index is 12.2. The van der Waals surface area contributed by atoms with Crippen molar-refractivity contribution in [2.75, 3.05) is 0 Å². The van der Waals surface area contributed by atoms with Crippen LogP contribution in [0.5, 0.6) is 0 Å². The Morgan fingerprint density at radius 2 is 1.75 bits per heavy atom. The smallest absolute Gasteiger partial charge is 0.191 e. The number of benzene rings is 1. The summed E-state index contributed by atoms with van der Waals surface area (Å²) >= 11 is 0. The minimum absolute atomic E-state index is 0.0745. The second-order valence-corrected chi connectivity index (χ2v) is 5.67. The zero-order chi connectivity index (χ0) is 15.0. The van der Waals surface area contributed by atoms with E-state index in [4.69, 9.17) is 4.74 Å². The van der Waals surface area contributed by atoms with E-state index in [-0.39, 0.29) is 18.0 Å². The molecule has 0 aliphatic carbocycles. The molecule has 0 N–H and O–H groups in total. The standard InChI is InChI=1S/C18H28O2/c1-5-6-7-8-9-15(3)20-16(4)18(19)17-12-10-14(2)11-13-17/h10-13,15-16H,5-9H2,1-4H3. The van der Waals surface area contributed by atoms with E-state index in [1.807, 2.05) is 38.1 Å². The van der Waals surface area contributed by atoms with Crippen molar-refractivity contribution >= 4 is 5.78 Å². The summed E-state index contributed by atoms with van der Waals surface area (Å²) in [7, 11) is 0. The van der Waals surface area contributed by atoms with Crippen LogP contribution in [0.25, 0.3) is 0 Å². The molecule has 0 amide bonds. The van der Waals surface area contributed by atoms with Gasteiger partial charge in [0.05, 0.1) is 6.10 Å². The minimum atomic E-state index is -0.362. The molecule has 2 heteroatoms. The number of ether oxygens (including phenoxy) is 1. The molecule has 112 valence electrons. The van der Waals surface area contributed by atoms with Crippen molar-refractivity contribution in [1.29, 1.82) is 0 Å². The van der Waals surface area contributed by atoms with Gasteiger partial charge in [-0.05, 0) is 27.2 Å². The molecule has 2 atom stereocenters. The molecule has 1 aromatic rings. The molecule has 0 aromatic heterocycles. The van der Waals surface area contributed by atoms with Crippen LogP contribution in [0.4, 0.5) is 0 Å². The van der Waals surface area contributed by atoms with Crippen LogP contribution in [-0.2, 0) is 4.74 Å². The fourth-order valence-corrected chi connectivity index (χ4v) is 2.29.